The summed E-state index contributed by atoms with van der Waals surface area (Å²) in [6.07, 6.45) is 2.91. The molecular formula is C14H14BrNO3. The third-order valence-corrected chi connectivity index (χ3v) is 4.04. The summed E-state index contributed by atoms with van der Waals surface area (Å²) in [5.74, 6) is -0.225. The Kier molecular flexibility index (Phi) is 4.43. The Morgan fingerprint density at radius 2 is 2.05 bits per heavy atom. The number of carboxylic acid groups (broad SMARTS) is 1. The zero-order valence-corrected chi connectivity index (χ0v) is 11.9. The number of nitrogens with zero attached hydrogens (tertiary/aromatic N) is 1. The van der Waals surface area contributed by atoms with Crippen molar-refractivity contribution in [3.63, 3.8) is 0 Å². The van der Waals surface area contributed by atoms with E-state index in [2.05, 4.69) is 22.0 Å². The van der Waals surface area contributed by atoms with Gasteiger partial charge in [-0.2, -0.15) is 5.26 Å². The first-order valence-corrected chi connectivity index (χ1v) is 6.98. The second kappa shape index (κ2) is 6.07. The number of hydrogen-bond donors (Lipinski definition) is 1. The van der Waals surface area contributed by atoms with Crippen LogP contribution in [0.25, 0.3) is 0 Å². The molecule has 1 aliphatic rings. The summed E-state index contributed by atoms with van der Waals surface area (Å²) in [5, 5.41) is 17.8. The van der Waals surface area contributed by atoms with Gasteiger partial charge in [0.25, 0.3) is 0 Å². The molecule has 0 saturated heterocycles. The standard InChI is InChI=1S/C14H14BrNO3/c15-13-7-12(6-3-10(13)8-16)19-11-4-1-9(2-5-11)14(17)18/h3,6-7,9,11H,1-2,4-5H2,(H,17,18)/t9-,11-. The van der Waals surface area contributed by atoms with E-state index in [9.17, 15) is 4.79 Å². The van der Waals surface area contributed by atoms with Gasteiger partial charge in [0.05, 0.1) is 17.6 Å². The van der Waals surface area contributed by atoms with Crippen molar-refractivity contribution in [2.45, 2.75) is 31.8 Å². The number of rotatable bonds is 3. The number of hydrogen-bond acceptors (Lipinski definition) is 3. The molecule has 0 aromatic heterocycles. The van der Waals surface area contributed by atoms with Gasteiger partial charge in [0.1, 0.15) is 11.8 Å². The summed E-state index contributed by atoms with van der Waals surface area (Å²) in [7, 11) is 0. The molecule has 0 amide bonds. The summed E-state index contributed by atoms with van der Waals surface area (Å²) < 4.78 is 6.55. The van der Waals surface area contributed by atoms with Crippen LogP contribution in [-0.2, 0) is 4.79 Å². The molecular weight excluding hydrogens is 310 g/mol. The van der Waals surface area contributed by atoms with Crippen molar-refractivity contribution in [3.05, 3.63) is 28.2 Å². The largest absolute Gasteiger partial charge is 0.490 e. The maximum Gasteiger partial charge on any atom is 0.306 e. The lowest BCUT2D eigenvalue weighted by atomic mass is 9.87. The van der Waals surface area contributed by atoms with Gasteiger partial charge in [-0.15, -0.1) is 0 Å². The van der Waals surface area contributed by atoms with Crippen molar-refractivity contribution >= 4 is 21.9 Å². The molecule has 1 aliphatic carbocycles. The maximum absolute atomic E-state index is 10.9. The number of aliphatic carboxylic acids is 1. The van der Waals surface area contributed by atoms with Crippen molar-refractivity contribution < 1.29 is 14.6 Å². The second-order valence-corrected chi connectivity index (χ2v) is 5.54. The quantitative estimate of drug-likeness (QED) is 0.926. The Hall–Kier alpha value is -1.54. The number of ether oxygens (including phenoxy) is 1. The van der Waals surface area contributed by atoms with Gasteiger partial charge in [-0.1, -0.05) is 0 Å². The molecule has 1 saturated carbocycles. The molecule has 1 N–H and O–H groups in total. The van der Waals surface area contributed by atoms with Gasteiger partial charge in [0, 0.05) is 4.47 Å². The Labute approximate surface area is 120 Å². The molecule has 1 aromatic rings. The number of carbonyl (C=O) groups is 1. The first-order valence-electron chi connectivity index (χ1n) is 6.19. The lowest BCUT2D eigenvalue weighted by molar-refractivity contribution is -0.143. The molecule has 0 unspecified atom stereocenters. The normalized spacial score (nSPS) is 22.5. The van der Waals surface area contributed by atoms with Gasteiger partial charge >= 0.3 is 5.97 Å². The molecule has 0 bridgehead atoms. The molecule has 0 atom stereocenters. The van der Waals surface area contributed by atoms with Crippen LogP contribution in [0.1, 0.15) is 31.2 Å². The maximum atomic E-state index is 10.9. The van der Waals surface area contributed by atoms with E-state index >= 15 is 0 Å². The Morgan fingerprint density at radius 3 is 2.58 bits per heavy atom. The molecule has 0 spiro atoms. The summed E-state index contributed by atoms with van der Waals surface area (Å²) in [5.41, 5.74) is 0.571. The van der Waals surface area contributed by atoms with E-state index in [1.807, 2.05) is 0 Å². The van der Waals surface area contributed by atoms with E-state index in [1.54, 1.807) is 18.2 Å². The Bertz CT molecular complexity index is 516. The van der Waals surface area contributed by atoms with Crippen LogP contribution in [0.15, 0.2) is 22.7 Å². The average molecular weight is 324 g/mol. The molecule has 1 aromatic carbocycles. The summed E-state index contributed by atoms with van der Waals surface area (Å²) >= 11 is 3.32. The van der Waals surface area contributed by atoms with Gasteiger partial charge < -0.3 is 9.84 Å². The van der Waals surface area contributed by atoms with Gasteiger partial charge in [0.15, 0.2) is 0 Å². The minimum Gasteiger partial charge on any atom is -0.490 e. The monoisotopic (exact) mass is 323 g/mol. The molecule has 4 nitrogen and oxygen atoms in total. The third-order valence-electron chi connectivity index (χ3n) is 3.39. The average Bonchev–Trinajstić information content (AvgIpc) is 2.39. The highest BCUT2D eigenvalue weighted by Gasteiger charge is 2.26. The van der Waals surface area contributed by atoms with Crippen LogP contribution in [0.4, 0.5) is 0 Å². The number of carboxylic acids is 1. The SMILES string of the molecule is N#Cc1ccc(O[C@H]2CC[C@H](C(=O)O)CC2)cc1Br. The van der Waals surface area contributed by atoms with Crippen LogP contribution < -0.4 is 4.74 Å². The van der Waals surface area contributed by atoms with Crippen LogP contribution in [0, 0.1) is 17.2 Å². The lowest BCUT2D eigenvalue weighted by Gasteiger charge is -2.26. The molecule has 0 heterocycles. The van der Waals surface area contributed by atoms with Crippen LogP contribution in [0.3, 0.4) is 0 Å². The first kappa shape index (κ1) is 13.9. The van der Waals surface area contributed by atoms with E-state index in [-0.39, 0.29) is 12.0 Å². The molecule has 0 aliphatic heterocycles. The van der Waals surface area contributed by atoms with Crippen molar-refractivity contribution in [2.75, 3.05) is 0 Å². The lowest BCUT2D eigenvalue weighted by Crippen LogP contribution is -2.27. The van der Waals surface area contributed by atoms with Crippen molar-refractivity contribution in [2.24, 2.45) is 5.92 Å². The zero-order valence-electron chi connectivity index (χ0n) is 10.3. The van der Waals surface area contributed by atoms with Crippen molar-refractivity contribution in [1.82, 2.24) is 0 Å². The molecule has 0 radical (unpaired) electrons. The highest BCUT2D eigenvalue weighted by Crippen LogP contribution is 2.29. The van der Waals surface area contributed by atoms with Crippen molar-refractivity contribution in [1.29, 1.82) is 5.26 Å². The molecule has 100 valence electrons. The van der Waals surface area contributed by atoms with Crippen molar-refractivity contribution in [3.8, 4) is 11.8 Å². The summed E-state index contributed by atoms with van der Waals surface area (Å²) in [4.78, 5) is 10.9. The van der Waals surface area contributed by atoms with E-state index in [0.29, 0.717) is 28.6 Å². The van der Waals surface area contributed by atoms with Gasteiger partial charge in [-0.25, -0.2) is 0 Å². The molecule has 19 heavy (non-hydrogen) atoms. The smallest absolute Gasteiger partial charge is 0.306 e. The predicted octanol–water partition coefficient (Wildman–Crippen LogP) is 3.34. The van der Waals surface area contributed by atoms with E-state index in [0.717, 1.165) is 12.8 Å². The molecule has 5 heteroatoms. The third kappa shape index (κ3) is 3.48. The fourth-order valence-electron chi connectivity index (χ4n) is 2.28. The highest BCUT2D eigenvalue weighted by molar-refractivity contribution is 9.10. The highest BCUT2D eigenvalue weighted by atomic mass is 79.9. The second-order valence-electron chi connectivity index (χ2n) is 4.68. The Balaban J connectivity index is 1.94. The summed E-state index contributed by atoms with van der Waals surface area (Å²) in [6, 6.07) is 7.34. The zero-order chi connectivity index (χ0) is 13.8. The van der Waals surface area contributed by atoms with E-state index in [4.69, 9.17) is 15.1 Å². The topological polar surface area (TPSA) is 70.3 Å². The number of nitriles is 1. The minimum atomic E-state index is -0.709. The fraction of sp³-hybridized carbons (Fsp3) is 0.429. The van der Waals surface area contributed by atoms with Crippen LogP contribution >= 0.6 is 15.9 Å². The number of halogens is 1. The Morgan fingerprint density at radius 1 is 1.37 bits per heavy atom. The van der Waals surface area contributed by atoms with Crippen LogP contribution in [-0.4, -0.2) is 17.2 Å². The van der Waals surface area contributed by atoms with Gasteiger partial charge in [-0.3, -0.25) is 4.79 Å². The van der Waals surface area contributed by atoms with Crippen LogP contribution in [0.5, 0.6) is 5.75 Å². The van der Waals surface area contributed by atoms with Gasteiger partial charge in [-0.05, 0) is 59.8 Å². The minimum absolute atomic E-state index is 0.0652. The van der Waals surface area contributed by atoms with E-state index < -0.39 is 5.97 Å². The number of benzene rings is 1. The van der Waals surface area contributed by atoms with Crippen LogP contribution in [0.2, 0.25) is 0 Å². The molecule has 2 rings (SSSR count). The fourth-order valence-corrected chi connectivity index (χ4v) is 2.73. The van der Waals surface area contributed by atoms with E-state index in [1.165, 1.54) is 0 Å². The van der Waals surface area contributed by atoms with Gasteiger partial charge in [0.2, 0.25) is 0 Å². The molecule has 1 fully saturated rings. The predicted molar refractivity (Wildman–Crippen MR) is 72.9 cm³/mol. The first-order chi connectivity index (χ1) is 9.10. The summed E-state index contributed by atoms with van der Waals surface area (Å²) in [6.45, 7) is 0.